The van der Waals surface area contributed by atoms with E-state index in [4.69, 9.17) is 24.9 Å². The van der Waals surface area contributed by atoms with Gasteiger partial charge in [0.05, 0.1) is 11.4 Å². The van der Waals surface area contributed by atoms with E-state index in [1.54, 1.807) is 0 Å². The van der Waals surface area contributed by atoms with Crippen molar-refractivity contribution in [3.63, 3.8) is 0 Å². The van der Waals surface area contributed by atoms with Crippen molar-refractivity contribution < 1.29 is 0 Å². The monoisotopic (exact) mass is 741 g/mol. The number of hydrogen-bond acceptors (Lipinski definition) is 5. The smallest absolute Gasteiger partial charge is 0.164 e. The third kappa shape index (κ3) is 6.93. The van der Waals surface area contributed by atoms with E-state index >= 15 is 0 Å². The van der Waals surface area contributed by atoms with Crippen LogP contribution in [-0.2, 0) is 0 Å². The van der Waals surface area contributed by atoms with E-state index in [-0.39, 0.29) is 0 Å². The van der Waals surface area contributed by atoms with Gasteiger partial charge < -0.3 is 0 Å². The van der Waals surface area contributed by atoms with E-state index in [1.807, 2.05) is 97.1 Å². The third-order valence-corrected chi connectivity index (χ3v) is 10.4. The predicted molar refractivity (Wildman–Crippen MR) is 236 cm³/mol. The van der Waals surface area contributed by atoms with Gasteiger partial charge in [-0.25, -0.2) is 24.9 Å². The number of hydrogen-bond donors (Lipinski definition) is 0. The van der Waals surface area contributed by atoms with Crippen LogP contribution >= 0.6 is 0 Å². The summed E-state index contributed by atoms with van der Waals surface area (Å²) in [7, 11) is 0. The molecule has 0 saturated heterocycles. The average molecular weight is 742 g/mol. The first-order valence-electron chi connectivity index (χ1n) is 19.3. The molecule has 0 saturated carbocycles. The molecule has 8 aromatic carbocycles. The van der Waals surface area contributed by atoms with Gasteiger partial charge in [-0.1, -0.05) is 194 Å². The van der Waals surface area contributed by atoms with Gasteiger partial charge in [-0.3, -0.25) is 0 Å². The summed E-state index contributed by atoms with van der Waals surface area (Å²) < 4.78 is 0. The van der Waals surface area contributed by atoms with Gasteiger partial charge in [-0.15, -0.1) is 0 Å². The second-order valence-electron chi connectivity index (χ2n) is 14.1. The lowest BCUT2D eigenvalue weighted by Gasteiger charge is -2.15. The van der Waals surface area contributed by atoms with Crippen molar-refractivity contribution in [2.45, 2.75) is 0 Å². The second kappa shape index (κ2) is 15.3. The summed E-state index contributed by atoms with van der Waals surface area (Å²) in [6, 6.07) is 72.9. The Labute approximate surface area is 337 Å². The van der Waals surface area contributed by atoms with Crippen molar-refractivity contribution in [1.29, 1.82) is 0 Å². The highest BCUT2D eigenvalue weighted by atomic mass is 15.0. The molecule has 0 bridgehead atoms. The summed E-state index contributed by atoms with van der Waals surface area (Å²) in [5.74, 6) is 2.59. The summed E-state index contributed by atoms with van der Waals surface area (Å²) >= 11 is 0. The fourth-order valence-corrected chi connectivity index (χ4v) is 7.45. The normalized spacial score (nSPS) is 11.1. The molecule has 5 heteroatoms. The zero-order chi connectivity index (χ0) is 38.7. The number of fused-ring (bicyclic) bond motifs is 1. The topological polar surface area (TPSA) is 64.5 Å². The van der Waals surface area contributed by atoms with Crippen molar-refractivity contribution in [3.8, 4) is 90.3 Å². The maximum Gasteiger partial charge on any atom is 0.164 e. The Bertz CT molecular complexity index is 2910. The fraction of sp³-hybridized carbons (Fsp3) is 0. The third-order valence-electron chi connectivity index (χ3n) is 10.4. The Morgan fingerprint density at radius 2 is 0.690 bits per heavy atom. The SMILES string of the molecule is c1ccc(-c2cc(-c3cccc(-c4ccc(-c5c(-c6nc(-c7ccccc7)nc(-c7ccccc7)n6)ccc6ccccc56)cc4)c3)nc(-c3ccccc3)n2)cc1. The van der Waals surface area contributed by atoms with Crippen LogP contribution in [0.3, 0.4) is 0 Å². The number of rotatable bonds is 8. The van der Waals surface area contributed by atoms with E-state index < -0.39 is 0 Å². The van der Waals surface area contributed by atoms with Crippen LogP contribution in [0.1, 0.15) is 0 Å². The molecule has 0 spiro atoms. The second-order valence-corrected chi connectivity index (χ2v) is 14.1. The molecule has 10 rings (SSSR count). The molecule has 2 aromatic heterocycles. The van der Waals surface area contributed by atoms with Crippen LogP contribution < -0.4 is 0 Å². The summed E-state index contributed by atoms with van der Waals surface area (Å²) in [6.45, 7) is 0. The van der Waals surface area contributed by atoms with Crippen molar-refractivity contribution >= 4 is 10.8 Å². The minimum Gasteiger partial charge on any atom is -0.228 e. The molecule has 0 aliphatic carbocycles. The van der Waals surface area contributed by atoms with Crippen LogP contribution in [0.5, 0.6) is 0 Å². The largest absolute Gasteiger partial charge is 0.228 e. The molecule has 272 valence electrons. The quantitative estimate of drug-likeness (QED) is 0.155. The lowest BCUT2D eigenvalue weighted by atomic mass is 9.91. The molecule has 0 radical (unpaired) electrons. The Kier molecular flexibility index (Phi) is 9.14. The Balaban J connectivity index is 1.07. The zero-order valence-electron chi connectivity index (χ0n) is 31.4. The van der Waals surface area contributed by atoms with E-state index in [0.29, 0.717) is 23.3 Å². The van der Waals surface area contributed by atoms with Gasteiger partial charge in [0.25, 0.3) is 0 Å². The Hall–Kier alpha value is -7.89. The minimum atomic E-state index is 0.625. The van der Waals surface area contributed by atoms with Gasteiger partial charge in [0.1, 0.15) is 0 Å². The molecule has 10 aromatic rings. The summed E-state index contributed by atoms with van der Waals surface area (Å²) in [6.07, 6.45) is 0. The highest BCUT2D eigenvalue weighted by Crippen LogP contribution is 2.39. The van der Waals surface area contributed by atoms with E-state index in [0.717, 1.165) is 77.8 Å². The van der Waals surface area contributed by atoms with Gasteiger partial charge in [0.15, 0.2) is 23.3 Å². The first-order chi connectivity index (χ1) is 28.7. The summed E-state index contributed by atoms with van der Waals surface area (Å²) in [5, 5.41) is 2.28. The van der Waals surface area contributed by atoms with Crippen LogP contribution in [0.4, 0.5) is 0 Å². The van der Waals surface area contributed by atoms with Crippen LogP contribution in [0.25, 0.3) is 101 Å². The molecule has 2 heterocycles. The molecule has 0 aliphatic rings. The van der Waals surface area contributed by atoms with Gasteiger partial charge in [0, 0.05) is 38.9 Å². The van der Waals surface area contributed by atoms with E-state index in [1.165, 1.54) is 0 Å². The summed E-state index contributed by atoms with van der Waals surface area (Å²) in [4.78, 5) is 25.2. The number of nitrogens with zero attached hydrogens (tertiary/aromatic N) is 5. The van der Waals surface area contributed by atoms with Crippen LogP contribution in [0, 0.1) is 0 Å². The molecule has 0 amide bonds. The molecule has 0 unspecified atom stereocenters. The summed E-state index contributed by atoms with van der Waals surface area (Å²) in [5.41, 5.74) is 12.0. The predicted octanol–water partition coefficient (Wildman–Crippen LogP) is 13.2. The van der Waals surface area contributed by atoms with Crippen molar-refractivity contribution in [3.05, 3.63) is 212 Å². The highest BCUT2D eigenvalue weighted by Gasteiger charge is 2.18. The molecular formula is C53H35N5. The van der Waals surface area contributed by atoms with E-state index in [2.05, 4.69) is 115 Å². The van der Waals surface area contributed by atoms with Gasteiger partial charge in [-0.05, 0) is 45.7 Å². The lowest BCUT2D eigenvalue weighted by Crippen LogP contribution is -2.01. The molecular weight excluding hydrogens is 707 g/mol. The standard InChI is InChI=1S/C53H35N5/c1-5-17-38(18-6-1)47-35-48(55-50(54-47)40-19-7-2-8-20-40)44-26-15-25-43(34-44)36-28-30-39(31-29-36)49-45-27-14-13-16-37(45)32-33-46(49)53-57-51(41-21-9-3-10-22-41)56-52(58-53)42-23-11-4-12-24-42/h1-35H. The molecule has 0 fully saturated rings. The molecule has 0 aliphatic heterocycles. The Morgan fingerprint density at radius 1 is 0.241 bits per heavy atom. The minimum absolute atomic E-state index is 0.625. The van der Waals surface area contributed by atoms with Gasteiger partial charge in [-0.2, -0.15) is 0 Å². The van der Waals surface area contributed by atoms with Gasteiger partial charge in [0.2, 0.25) is 0 Å². The molecule has 5 nitrogen and oxygen atoms in total. The number of benzene rings is 8. The Morgan fingerprint density at radius 3 is 1.29 bits per heavy atom. The molecule has 0 atom stereocenters. The van der Waals surface area contributed by atoms with Crippen molar-refractivity contribution in [1.82, 2.24) is 24.9 Å². The molecule has 58 heavy (non-hydrogen) atoms. The first kappa shape index (κ1) is 34.6. The van der Waals surface area contributed by atoms with Crippen LogP contribution in [-0.4, -0.2) is 24.9 Å². The van der Waals surface area contributed by atoms with Crippen molar-refractivity contribution in [2.75, 3.05) is 0 Å². The fourth-order valence-electron chi connectivity index (χ4n) is 7.45. The molecule has 0 N–H and O–H groups in total. The maximum absolute atomic E-state index is 5.11. The number of aromatic nitrogens is 5. The van der Waals surface area contributed by atoms with Crippen LogP contribution in [0.2, 0.25) is 0 Å². The average Bonchev–Trinajstić information content (AvgIpc) is 3.32. The van der Waals surface area contributed by atoms with E-state index in [9.17, 15) is 0 Å². The lowest BCUT2D eigenvalue weighted by molar-refractivity contribution is 1.07. The zero-order valence-corrected chi connectivity index (χ0v) is 31.4. The first-order valence-corrected chi connectivity index (χ1v) is 19.3. The maximum atomic E-state index is 5.11. The van der Waals surface area contributed by atoms with Crippen LogP contribution in [0.15, 0.2) is 212 Å². The van der Waals surface area contributed by atoms with Gasteiger partial charge >= 0.3 is 0 Å². The highest BCUT2D eigenvalue weighted by molar-refractivity contribution is 6.03. The van der Waals surface area contributed by atoms with Crippen molar-refractivity contribution in [2.24, 2.45) is 0 Å².